The van der Waals surface area contributed by atoms with Crippen molar-refractivity contribution in [2.45, 2.75) is 10.8 Å². The van der Waals surface area contributed by atoms with E-state index in [9.17, 15) is 0 Å². The second kappa shape index (κ2) is 3.14. The SMILES string of the molecule is CC(I)c1cnc(N)cn1. The van der Waals surface area contributed by atoms with Gasteiger partial charge in [-0.1, -0.05) is 22.6 Å². The van der Waals surface area contributed by atoms with E-state index in [2.05, 4.69) is 39.5 Å². The minimum absolute atomic E-state index is 0.394. The van der Waals surface area contributed by atoms with Gasteiger partial charge in [-0.25, -0.2) is 4.98 Å². The molecule has 0 fully saturated rings. The van der Waals surface area contributed by atoms with E-state index in [1.807, 2.05) is 0 Å². The maximum atomic E-state index is 5.35. The highest BCUT2D eigenvalue weighted by Gasteiger charge is 2.00. The highest BCUT2D eigenvalue weighted by atomic mass is 127. The van der Waals surface area contributed by atoms with E-state index < -0.39 is 0 Å². The predicted molar refractivity (Wildman–Crippen MR) is 48.9 cm³/mol. The van der Waals surface area contributed by atoms with E-state index in [-0.39, 0.29) is 0 Å². The van der Waals surface area contributed by atoms with Crippen LogP contribution in [0.1, 0.15) is 16.5 Å². The van der Waals surface area contributed by atoms with Gasteiger partial charge in [-0.3, -0.25) is 4.98 Å². The first kappa shape index (κ1) is 7.71. The molecule has 3 nitrogen and oxygen atoms in total. The van der Waals surface area contributed by atoms with Crippen LogP contribution >= 0.6 is 22.6 Å². The van der Waals surface area contributed by atoms with Gasteiger partial charge in [-0.05, 0) is 6.92 Å². The minimum Gasteiger partial charge on any atom is -0.382 e. The van der Waals surface area contributed by atoms with Crippen molar-refractivity contribution in [2.75, 3.05) is 5.73 Å². The third kappa shape index (κ3) is 1.80. The molecule has 1 heterocycles. The number of nitrogen functional groups attached to an aromatic ring is 1. The average molecular weight is 249 g/mol. The lowest BCUT2D eigenvalue weighted by Crippen LogP contribution is -1.95. The maximum absolute atomic E-state index is 5.35. The number of nitrogens with zero attached hydrogens (tertiary/aromatic N) is 2. The third-order valence-corrected chi connectivity index (χ3v) is 1.74. The summed E-state index contributed by atoms with van der Waals surface area (Å²) in [6.07, 6.45) is 3.27. The lowest BCUT2D eigenvalue weighted by molar-refractivity contribution is 1.01. The normalized spacial score (nSPS) is 13.0. The van der Waals surface area contributed by atoms with Crippen LogP contribution in [0.3, 0.4) is 0 Å². The van der Waals surface area contributed by atoms with E-state index in [0.29, 0.717) is 9.74 Å². The highest BCUT2D eigenvalue weighted by Crippen LogP contribution is 2.18. The number of hydrogen-bond donors (Lipinski definition) is 1. The van der Waals surface area contributed by atoms with Gasteiger partial charge in [-0.15, -0.1) is 0 Å². The van der Waals surface area contributed by atoms with Gasteiger partial charge < -0.3 is 5.73 Å². The predicted octanol–water partition coefficient (Wildman–Crippen LogP) is 1.55. The van der Waals surface area contributed by atoms with Crippen molar-refractivity contribution in [3.8, 4) is 0 Å². The Bertz CT molecular complexity index is 207. The molecule has 4 heteroatoms. The summed E-state index contributed by atoms with van der Waals surface area (Å²) in [5.74, 6) is 0.473. The summed E-state index contributed by atoms with van der Waals surface area (Å²) < 4.78 is 0.394. The van der Waals surface area contributed by atoms with Crippen LogP contribution in [0.15, 0.2) is 12.4 Å². The molecular weight excluding hydrogens is 241 g/mol. The van der Waals surface area contributed by atoms with E-state index in [1.54, 1.807) is 12.4 Å². The average Bonchev–Trinajstić information content (AvgIpc) is 1.88. The van der Waals surface area contributed by atoms with Gasteiger partial charge in [-0.2, -0.15) is 0 Å². The van der Waals surface area contributed by atoms with Gasteiger partial charge in [0.05, 0.1) is 22.0 Å². The van der Waals surface area contributed by atoms with Crippen LogP contribution in [0.4, 0.5) is 5.82 Å². The third-order valence-electron chi connectivity index (χ3n) is 1.10. The molecule has 1 unspecified atom stereocenters. The van der Waals surface area contributed by atoms with Crippen LogP contribution in [-0.2, 0) is 0 Å². The fraction of sp³-hybridized carbons (Fsp3) is 0.333. The van der Waals surface area contributed by atoms with Gasteiger partial charge in [0.1, 0.15) is 5.82 Å². The molecule has 0 saturated heterocycles. The fourth-order valence-corrected chi connectivity index (χ4v) is 0.875. The number of anilines is 1. The molecule has 1 aromatic heterocycles. The molecule has 54 valence electrons. The Hall–Kier alpha value is -0.390. The van der Waals surface area contributed by atoms with Crippen molar-refractivity contribution in [3.05, 3.63) is 18.1 Å². The molecule has 2 N–H and O–H groups in total. The second-order valence-corrected chi connectivity index (χ2v) is 3.85. The van der Waals surface area contributed by atoms with Crippen LogP contribution < -0.4 is 5.73 Å². The smallest absolute Gasteiger partial charge is 0.141 e. The number of halogens is 1. The molecule has 0 spiro atoms. The minimum atomic E-state index is 0.394. The molecule has 1 aromatic rings. The first-order valence-corrected chi connectivity index (χ1v) is 4.16. The van der Waals surface area contributed by atoms with E-state index in [1.165, 1.54) is 0 Å². The van der Waals surface area contributed by atoms with Crippen LogP contribution in [0, 0.1) is 0 Å². The molecule has 0 aliphatic rings. The van der Waals surface area contributed by atoms with Gasteiger partial charge in [0, 0.05) is 0 Å². The van der Waals surface area contributed by atoms with Crippen molar-refractivity contribution >= 4 is 28.4 Å². The van der Waals surface area contributed by atoms with Crippen LogP contribution in [0.25, 0.3) is 0 Å². The lowest BCUT2D eigenvalue weighted by Gasteiger charge is -1.99. The van der Waals surface area contributed by atoms with Gasteiger partial charge in [0.25, 0.3) is 0 Å². The Morgan fingerprint density at radius 3 is 2.60 bits per heavy atom. The van der Waals surface area contributed by atoms with E-state index >= 15 is 0 Å². The number of hydrogen-bond acceptors (Lipinski definition) is 3. The fourth-order valence-electron chi connectivity index (χ4n) is 0.553. The Morgan fingerprint density at radius 2 is 2.20 bits per heavy atom. The van der Waals surface area contributed by atoms with Crippen molar-refractivity contribution in [2.24, 2.45) is 0 Å². The second-order valence-electron chi connectivity index (χ2n) is 1.98. The monoisotopic (exact) mass is 249 g/mol. The number of rotatable bonds is 1. The van der Waals surface area contributed by atoms with Crippen LogP contribution in [0.5, 0.6) is 0 Å². The van der Waals surface area contributed by atoms with Gasteiger partial charge in [0.15, 0.2) is 0 Å². The summed E-state index contributed by atoms with van der Waals surface area (Å²) in [5.41, 5.74) is 6.32. The van der Waals surface area contributed by atoms with E-state index in [4.69, 9.17) is 5.73 Å². The molecule has 1 rings (SSSR count). The molecule has 0 aliphatic heterocycles. The van der Waals surface area contributed by atoms with Crippen molar-refractivity contribution in [1.82, 2.24) is 9.97 Å². The Morgan fingerprint density at radius 1 is 1.50 bits per heavy atom. The van der Waals surface area contributed by atoms with Crippen molar-refractivity contribution in [3.63, 3.8) is 0 Å². The number of alkyl halides is 1. The summed E-state index contributed by atoms with van der Waals surface area (Å²) in [6, 6.07) is 0. The standard InChI is InChI=1S/C6H8IN3/c1-4(7)5-2-10-6(8)3-9-5/h2-4H,1H3,(H2,8,10). The number of aromatic nitrogens is 2. The van der Waals surface area contributed by atoms with Gasteiger partial charge >= 0.3 is 0 Å². The first-order valence-electron chi connectivity index (χ1n) is 2.91. The Balaban J connectivity index is 2.89. The zero-order valence-corrected chi connectivity index (χ0v) is 7.74. The molecule has 0 saturated carbocycles. The maximum Gasteiger partial charge on any atom is 0.141 e. The summed E-state index contributed by atoms with van der Waals surface area (Å²) >= 11 is 2.28. The molecule has 1 atom stereocenters. The van der Waals surface area contributed by atoms with E-state index in [0.717, 1.165) is 5.69 Å². The Labute approximate surface area is 73.2 Å². The molecule has 0 aromatic carbocycles. The van der Waals surface area contributed by atoms with Crippen LogP contribution in [0.2, 0.25) is 0 Å². The summed E-state index contributed by atoms with van der Waals surface area (Å²) in [7, 11) is 0. The zero-order chi connectivity index (χ0) is 7.56. The lowest BCUT2D eigenvalue weighted by atomic mass is 10.4. The van der Waals surface area contributed by atoms with Crippen molar-refractivity contribution < 1.29 is 0 Å². The largest absolute Gasteiger partial charge is 0.382 e. The molecule has 10 heavy (non-hydrogen) atoms. The summed E-state index contributed by atoms with van der Waals surface area (Å²) in [6.45, 7) is 2.06. The number of nitrogens with two attached hydrogens (primary N) is 1. The van der Waals surface area contributed by atoms with Crippen LogP contribution in [-0.4, -0.2) is 9.97 Å². The van der Waals surface area contributed by atoms with Crippen molar-refractivity contribution in [1.29, 1.82) is 0 Å². The summed E-state index contributed by atoms with van der Waals surface area (Å²) in [5, 5.41) is 0. The molecule has 0 amide bonds. The molecule has 0 bridgehead atoms. The van der Waals surface area contributed by atoms with Gasteiger partial charge in [0.2, 0.25) is 0 Å². The Kier molecular flexibility index (Phi) is 2.42. The zero-order valence-electron chi connectivity index (χ0n) is 5.58. The highest BCUT2D eigenvalue weighted by molar-refractivity contribution is 14.1. The topological polar surface area (TPSA) is 51.8 Å². The molecular formula is C6H8IN3. The molecule has 0 aliphatic carbocycles. The summed E-state index contributed by atoms with van der Waals surface area (Å²) in [4.78, 5) is 7.99. The molecule has 0 radical (unpaired) electrons. The first-order chi connectivity index (χ1) is 4.70. The quantitative estimate of drug-likeness (QED) is 0.606.